The van der Waals surface area contributed by atoms with Gasteiger partial charge in [-0.2, -0.15) is 0 Å². The van der Waals surface area contributed by atoms with Crippen molar-refractivity contribution in [3.05, 3.63) is 23.9 Å². The Morgan fingerprint density at radius 2 is 2.26 bits per heavy atom. The molecule has 1 aliphatic rings. The standard InChI is InChI=1S/C17H25N3O3/c1-5-20(16(22)23-17(2,3)4)15-13(8-6-10-18-15)14-9-7-11-19(14)12-21/h6,8,10,12,14H,5,7,9,11H2,1-4H3/t14-/m0/s1. The summed E-state index contributed by atoms with van der Waals surface area (Å²) in [5.74, 6) is 0.572. The summed E-state index contributed by atoms with van der Waals surface area (Å²) < 4.78 is 5.48. The van der Waals surface area contributed by atoms with Crippen LogP contribution in [0.3, 0.4) is 0 Å². The van der Waals surface area contributed by atoms with E-state index in [9.17, 15) is 9.59 Å². The summed E-state index contributed by atoms with van der Waals surface area (Å²) >= 11 is 0. The highest BCUT2D eigenvalue weighted by atomic mass is 16.6. The summed E-state index contributed by atoms with van der Waals surface area (Å²) in [7, 11) is 0. The molecule has 0 radical (unpaired) electrons. The van der Waals surface area contributed by atoms with E-state index in [0.29, 0.717) is 12.4 Å². The first-order valence-corrected chi connectivity index (χ1v) is 8.04. The fourth-order valence-corrected chi connectivity index (χ4v) is 2.83. The second-order valence-electron chi connectivity index (χ2n) is 6.64. The molecule has 2 amide bonds. The van der Waals surface area contributed by atoms with Crippen molar-refractivity contribution in [2.24, 2.45) is 0 Å². The molecule has 23 heavy (non-hydrogen) atoms. The first-order valence-electron chi connectivity index (χ1n) is 8.04. The predicted molar refractivity (Wildman–Crippen MR) is 88.2 cm³/mol. The van der Waals surface area contributed by atoms with Gasteiger partial charge in [-0.1, -0.05) is 6.07 Å². The van der Waals surface area contributed by atoms with E-state index in [-0.39, 0.29) is 6.04 Å². The van der Waals surface area contributed by atoms with Crippen LogP contribution in [-0.4, -0.2) is 41.1 Å². The number of rotatable bonds is 4. The van der Waals surface area contributed by atoms with Gasteiger partial charge in [0.1, 0.15) is 11.4 Å². The van der Waals surface area contributed by atoms with Crippen LogP contribution in [0.1, 0.15) is 52.1 Å². The smallest absolute Gasteiger partial charge is 0.415 e. The highest BCUT2D eigenvalue weighted by molar-refractivity contribution is 5.87. The minimum Gasteiger partial charge on any atom is -0.443 e. The molecule has 1 aromatic rings. The van der Waals surface area contributed by atoms with Crippen LogP contribution >= 0.6 is 0 Å². The average molecular weight is 319 g/mol. The van der Waals surface area contributed by atoms with E-state index >= 15 is 0 Å². The molecule has 0 unspecified atom stereocenters. The Kier molecular flexibility index (Phi) is 5.23. The molecule has 0 aromatic carbocycles. The van der Waals surface area contributed by atoms with Crippen molar-refractivity contribution in [2.75, 3.05) is 18.0 Å². The van der Waals surface area contributed by atoms with Crippen LogP contribution in [0.15, 0.2) is 18.3 Å². The summed E-state index contributed by atoms with van der Waals surface area (Å²) in [5, 5.41) is 0. The van der Waals surface area contributed by atoms with Gasteiger partial charge in [0, 0.05) is 24.8 Å². The maximum absolute atomic E-state index is 12.5. The normalized spacial score (nSPS) is 17.9. The third kappa shape index (κ3) is 4.00. The van der Waals surface area contributed by atoms with Crippen LogP contribution in [0.25, 0.3) is 0 Å². The molecule has 2 heterocycles. The first-order chi connectivity index (χ1) is 10.9. The van der Waals surface area contributed by atoms with Gasteiger partial charge < -0.3 is 9.64 Å². The summed E-state index contributed by atoms with van der Waals surface area (Å²) in [6.07, 6.45) is 3.94. The highest BCUT2D eigenvalue weighted by Gasteiger charge is 2.31. The summed E-state index contributed by atoms with van der Waals surface area (Å²) in [6, 6.07) is 3.73. The van der Waals surface area contributed by atoms with Crippen molar-refractivity contribution in [1.82, 2.24) is 9.88 Å². The van der Waals surface area contributed by atoms with Crippen LogP contribution in [0.2, 0.25) is 0 Å². The number of ether oxygens (including phenoxy) is 1. The van der Waals surface area contributed by atoms with Gasteiger partial charge in [-0.05, 0) is 46.6 Å². The van der Waals surface area contributed by atoms with Crippen molar-refractivity contribution in [2.45, 2.75) is 52.2 Å². The van der Waals surface area contributed by atoms with E-state index < -0.39 is 11.7 Å². The van der Waals surface area contributed by atoms with Crippen LogP contribution in [-0.2, 0) is 9.53 Å². The first kappa shape index (κ1) is 17.2. The number of carbonyl (C=O) groups is 2. The van der Waals surface area contributed by atoms with Crippen molar-refractivity contribution >= 4 is 18.3 Å². The quantitative estimate of drug-likeness (QED) is 0.800. The van der Waals surface area contributed by atoms with E-state index in [1.165, 1.54) is 4.90 Å². The number of likely N-dealkylation sites (tertiary alicyclic amines) is 1. The maximum Gasteiger partial charge on any atom is 0.415 e. The highest BCUT2D eigenvalue weighted by Crippen LogP contribution is 2.35. The molecule has 6 heteroatoms. The lowest BCUT2D eigenvalue weighted by molar-refractivity contribution is -0.118. The molecule has 1 saturated heterocycles. The van der Waals surface area contributed by atoms with E-state index in [2.05, 4.69) is 4.98 Å². The average Bonchev–Trinajstić information content (AvgIpc) is 2.95. The van der Waals surface area contributed by atoms with Crippen LogP contribution < -0.4 is 4.90 Å². The predicted octanol–water partition coefficient (Wildman–Crippen LogP) is 3.14. The second kappa shape index (κ2) is 6.98. The fourth-order valence-electron chi connectivity index (χ4n) is 2.83. The molecule has 1 aliphatic heterocycles. The Balaban J connectivity index is 2.34. The van der Waals surface area contributed by atoms with E-state index in [0.717, 1.165) is 31.4 Å². The van der Waals surface area contributed by atoms with Gasteiger partial charge in [0.2, 0.25) is 6.41 Å². The molecule has 6 nitrogen and oxygen atoms in total. The van der Waals surface area contributed by atoms with Crippen molar-refractivity contribution < 1.29 is 14.3 Å². The molecular weight excluding hydrogens is 294 g/mol. The Bertz CT molecular complexity index is 568. The molecule has 0 N–H and O–H groups in total. The monoisotopic (exact) mass is 319 g/mol. The number of amides is 2. The molecule has 0 aliphatic carbocycles. The van der Waals surface area contributed by atoms with Crippen LogP contribution in [0, 0.1) is 0 Å². The lowest BCUT2D eigenvalue weighted by atomic mass is 10.1. The Labute approximate surface area is 137 Å². The zero-order valence-corrected chi connectivity index (χ0v) is 14.3. The topological polar surface area (TPSA) is 62.7 Å². The van der Waals surface area contributed by atoms with E-state index in [1.54, 1.807) is 11.1 Å². The zero-order valence-electron chi connectivity index (χ0n) is 14.3. The molecule has 0 bridgehead atoms. The van der Waals surface area contributed by atoms with Gasteiger partial charge >= 0.3 is 6.09 Å². The second-order valence-corrected chi connectivity index (χ2v) is 6.64. The maximum atomic E-state index is 12.5. The van der Waals surface area contributed by atoms with Gasteiger partial charge in [0.05, 0.1) is 6.04 Å². The molecule has 1 aromatic heterocycles. The molecule has 1 atom stereocenters. The molecule has 126 valence electrons. The Hall–Kier alpha value is -2.11. The molecule has 0 spiro atoms. The minimum absolute atomic E-state index is 0.0345. The minimum atomic E-state index is -0.568. The molecule has 0 saturated carbocycles. The summed E-state index contributed by atoms with van der Waals surface area (Å²) in [6.45, 7) is 8.58. The molecule has 1 fully saturated rings. The van der Waals surface area contributed by atoms with Gasteiger partial charge in [-0.25, -0.2) is 9.78 Å². The number of aromatic nitrogens is 1. The van der Waals surface area contributed by atoms with Gasteiger partial charge in [0.15, 0.2) is 0 Å². The van der Waals surface area contributed by atoms with Crippen molar-refractivity contribution in [1.29, 1.82) is 0 Å². The zero-order chi connectivity index (χ0) is 17.0. The lowest BCUT2D eigenvalue weighted by Crippen LogP contribution is -2.38. The van der Waals surface area contributed by atoms with Gasteiger partial charge in [-0.3, -0.25) is 9.69 Å². The number of hydrogen-bond acceptors (Lipinski definition) is 4. The number of pyridine rings is 1. The largest absolute Gasteiger partial charge is 0.443 e. The number of carbonyl (C=O) groups excluding carboxylic acids is 2. The Morgan fingerprint density at radius 3 is 2.87 bits per heavy atom. The lowest BCUT2D eigenvalue weighted by Gasteiger charge is -2.29. The van der Waals surface area contributed by atoms with Gasteiger partial charge in [0.25, 0.3) is 0 Å². The third-order valence-corrected chi connectivity index (χ3v) is 3.79. The van der Waals surface area contributed by atoms with Gasteiger partial charge in [-0.15, -0.1) is 0 Å². The van der Waals surface area contributed by atoms with Crippen LogP contribution in [0.5, 0.6) is 0 Å². The van der Waals surface area contributed by atoms with Crippen molar-refractivity contribution in [3.63, 3.8) is 0 Å². The SMILES string of the molecule is CCN(C(=O)OC(C)(C)C)c1ncccc1[C@@H]1CCCN1C=O. The number of hydrogen-bond donors (Lipinski definition) is 0. The van der Waals surface area contributed by atoms with Crippen LogP contribution in [0.4, 0.5) is 10.6 Å². The third-order valence-electron chi connectivity index (χ3n) is 3.79. The fraction of sp³-hybridized carbons (Fsp3) is 0.588. The molecule has 2 rings (SSSR count). The van der Waals surface area contributed by atoms with E-state index in [4.69, 9.17) is 4.74 Å². The Morgan fingerprint density at radius 1 is 1.52 bits per heavy atom. The van der Waals surface area contributed by atoms with Crippen molar-refractivity contribution in [3.8, 4) is 0 Å². The number of nitrogens with zero attached hydrogens (tertiary/aromatic N) is 3. The summed E-state index contributed by atoms with van der Waals surface area (Å²) in [4.78, 5) is 31.4. The molecular formula is C17H25N3O3. The number of anilines is 1. The summed E-state index contributed by atoms with van der Waals surface area (Å²) in [5.41, 5.74) is 0.326. The van der Waals surface area contributed by atoms with E-state index in [1.807, 2.05) is 39.8 Å².